The number of rotatable bonds is 2. The molecule has 1 saturated carbocycles. The van der Waals surface area contributed by atoms with Crippen molar-refractivity contribution >= 4 is 0 Å². The molecular formula is C10H19NO. The summed E-state index contributed by atoms with van der Waals surface area (Å²) in [5.74, 6) is 1.83. The highest BCUT2D eigenvalue weighted by Gasteiger charge is 2.31. The Labute approximate surface area is 74.4 Å². The third-order valence-electron chi connectivity index (χ3n) is 3.54. The molecule has 0 radical (unpaired) electrons. The smallest absolute Gasteiger partial charge is 0.0584 e. The lowest BCUT2D eigenvalue weighted by atomic mass is 9.89. The summed E-state index contributed by atoms with van der Waals surface area (Å²) in [6, 6.07) is 0.399. The van der Waals surface area contributed by atoms with Gasteiger partial charge in [0, 0.05) is 6.04 Å². The van der Waals surface area contributed by atoms with Crippen molar-refractivity contribution in [1.82, 2.24) is 5.32 Å². The van der Waals surface area contributed by atoms with E-state index in [9.17, 15) is 0 Å². The second kappa shape index (κ2) is 3.75. The van der Waals surface area contributed by atoms with Gasteiger partial charge < -0.3 is 10.4 Å². The summed E-state index contributed by atoms with van der Waals surface area (Å²) in [4.78, 5) is 0. The molecule has 1 aliphatic heterocycles. The molecule has 70 valence electrons. The first-order valence-corrected chi connectivity index (χ1v) is 5.24. The lowest BCUT2D eigenvalue weighted by Gasteiger charge is -2.16. The minimum atomic E-state index is 0.323. The minimum absolute atomic E-state index is 0.323. The first-order chi connectivity index (χ1) is 5.90. The largest absolute Gasteiger partial charge is 0.395 e. The number of aliphatic hydroxyl groups excluding tert-OH is 1. The summed E-state index contributed by atoms with van der Waals surface area (Å²) in [5, 5.41) is 12.3. The molecule has 0 aromatic rings. The van der Waals surface area contributed by atoms with Gasteiger partial charge in [-0.15, -0.1) is 0 Å². The molecule has 12 heavy (non-hydrogen) atoms. The maximum Gasteiger partial charge on any atom is 0.0584 e. The zero-order chi connectivity index (χ0) is 8.39. The second-order valence-corrected chi connectivity index (χ2v) is 4.33. The van der Waals surface area contributed by atoms with Gasteiger partial charge >= 0.3 is 0 Å². The Morgan fingerprint density at radius 2 is 1.92 bits per heavy atom. The van der Waals surface area contributed by atoms with Crippen LogP contribution >= 0.6 is 0 Å². The Hall–Kier alpha value is -0.0800. The van der Waals surface area contributed by atoms with Crippen LogP contribution in [0, 0.1) is 11.8 Å². The molecule has 0 aromatic carbocycles. The fraction of sp³-hybridized carbons (Fsp3) is 1.00. The van der Waals surface area contributed by atoms with E-state index >= 15 is 0 Å². The molecule has 0 spiro atoms. The molecular weight excluding hydrogens is 150 g/mol. The molecule has 0 aromatic heterocycles. The van der Waals surface area contributed by atoms with Crippen molar-refractivity contribution in [2.75, 3.05) is 13.2 Å². The highest BCUT2D eigenvalue weighted by Crippen LogP contribution is 2.35. The van der Waals surface area contributed by atoms with Gasteiger partial charge in [-0.25, -0.2) is 0 Å². The monoisotopic (exact) mass is 169 g/mol. The fourth-order valence-corrected chi connectivity index (χ4v) is 2.78. The number of aliphatic hydroxyl groups is 1. The summed E-state index contributed by atoms with van der Waals surface area (Å²) in [5.41, 5.74) is 0. The lowest BCUT2D eigenvalue weighted by molar-refractivity contribution is 0.248. The predicted octanol–water partition coefficient (Wildman–Crippen LogP) is 1.15. The molecule has 0 bridgehead atoms. The average molecular weight is 169 g/mol. The molecule has 2 atom stereocenters. The van der Waals surface area contributed by atoms with Crippen LogP contribution in [-0.4, -0.2) is 24.3 Å². The van der Waals surface area contributed by atoms with Gasteiger partial charge in [0.1, 0.15) is 0 Å². The fourth-order valence-electron chi connectivity index (χ4n) is 2.78. The zero-order valence-electron chi connectivity index (χ0n) is 7.63. The second-order valence-electron chi connectivity index (χ2n) is 4.33. The van der Waals surface area contributed by atoms with Gasteiger partial charge in [0.2, 0.25) is 0 Å². The molecule has 2 heteroatoms. The van der Waals surface area contributed by atoms with Crippen LogP contribution in [0.2, 0.25) is 0 Å². The molecule has 2 unspecified atom stereocenters. The highest BCUT2D eigenvalue weighted by molar-refractivity contribution is 4.86. The van der Waals surface area contributed by atoms with E-state index in [1.54, 1.807) is 0 Å². The van der Waals surface area contributed by atoms with E-state index in [0.717, 1.165) is 18.4 Å². The Bertz CT molecular complexity index is 143. The summed E-state index contributed by atoms with van der Waals surface area (Å²) in [7, 11) is 0. The van der Waals surface area contributed by atoms with Crippen molar-refractivity contribution in [2.45, 2.75) is 38.1 Å². The molecule has 2 rings (SSSR count). The Morgan fingerprint density at radius 3 is 2.50 bits per heavy atom. The average Bonchev–Trinajstić information content (AvgIpc) is 2.75. The van der Waals surface area contributed by atoms with Crippen LogP contribution in [0.5, 0.6) is 0 Å². The van der Waals surface area contributed by atoms with E-state index in [-0.39, 0.29) is 0 Å². The van der Waals surface area contributed by atoms with Crippen LogP contribution < -0.4 is 5.32 Å². The number of nitrogens with one attached hydrogen (secondary N) is 1. The third-order valence-corrected chi connectivity index (χ3v) is 3.54. The maximum absolute atomic E-state index is 8.96. The first kappa shape index (κ1) is 8.52. The van der Waals surface area contributed by atoms with Crippen molar-refractivity contribution in [3.05, 3.63) is 0 Å². The van der Waals surface area contributed by atoms with Gasteiger partial charge in [-0.1, -0.05) is 25.7 Å². The zero-order valence-corrected chi connectivity index (χ0v) is 7.63. The molecule has 0 amide bonds. The van der Waals surface area contributed by atoms with Crippen LogP contribution in [0.3, 0.4) is 0 Å². The van der Waals surface area contributed by atoms with E-state index in [1.165, 1.54) is 32.1 Å². The SMILES string of the molecule is OCC1CC(C2CCCC2)CN1. The van der Waals surface area contributed by atoms with Crippen LogP contribution in [0.15, 0.2) is 0 Å². The Balaban J connectivity index is 1.81. The molecule has 2 fully saturated rings. The van der Waals surface area contributed by atoms with Gasteiger partial charge in [-0.3, -0.25) is 0 Å². The molecule has 1 saturated heterocycles. The molecule has 1 heterocycles. The van der Waals surface area contributed by atoms with Crippen molar-refractivity contribution in [2.24, 2.45) is 11.8 Å². The quantitative estimate of drug-likeness (QED) is 0.650. The third kappa shape index (κ3) is 1.64. The Morgan fingerprint density at radius 1 is 1.17 bits per heavy atom. The standard InChI is InChI=1S/C10H19NO/c12-7-10-5-9(6-11-10)8-3-1-2-4-8/h8-12H,1-7H2. The van der Waals surface area contributed by atoms with E-state index in [2.05, 4.69) is 5.32 Å². The van der Waals surface area contributed by atoms with Gasteiger partial charge in [-0.05, 0) is 24.8 Å². The number of hydrogen-bond donors (Lipinski definition) is 2. The van der Waals surface area contributed by atoms with Crippen LogP contribution in [0.1, 0.15) is 32.1 Å². The van der Waals surface area contributed by atoms with Crippen molar-refractivity contribution < 1.29 is 5.11 Å². The van der Waals surface area contributed by atoms with Gasteiger partial charge in [0.25, 0.3) is 0 Å². The number of hydrogen-bond acceptors (Lipinski definition) is 2. The van der Waals surface area contributed by atoms with Crippen LogP contribution in [0.4, 0.5) is 0 Å². The first-order valence-electron chi connectivity index (χ1n) is 5.24. The highest BCUT2D eigenvalue weighted by atomic mass is 16.3. The van der Waals surface area contributed by atoms with Crippen molar-refractivity contribution in [3.63, 3.8) is 0 Å². The topological polar surface area (TPSA) is 32.3 Å². The van der Waals surface area contributed by atoms with Crippen LogP contribution in [-0.2, 0) is 0 Å². The van der Waals surface area contributed by atoms with Gasteiger partial charge in [0.15, 0.2) is 0 Å². The summed E-state index contributed by atoms with van der Waals surface area (Å²) < 4.78 is 0. The molecule has 2 N–H and O–H groups in total. The minimum Gasteiger partial charge on any atom is -0.395 e. The van der Waals surface area contributed by atoms with E-state index < -0.39 is 0 Å². The normalized spacial score (nSPS) is 37.8. The Kier molecular flexibility index (Phi) is 2.66. The summed E-state index contributed by atoms with van der Waals surface area (Å²) in [6.45, 7) is 1.47. The molecule has 2 aliphatic rings. The molecule has 1 aliphatic carbocycles. The predicted molar refractivity (Wildman–Crippen MR) is 48.9 cm³/mol. The summed E-state index contributed by atoms with van der Waals surface area (Å²) >= 11 is 0. The molecule has 2 nitrogen and oxygen atoms in total. The maximum atomic E-state index is 8.96. The van der Waals surface area contributed by atoms with E-state index in [1.807, 2.05) is 0 Å². The van der Waals surface area contributed by atoms with Crippen molar-refractivity contribution in [3.8, 4) is 0 Å². The van der Waals surface area contributed by atoms with E-state index in [0.29, 0.717) is 12.6 Å². The van der Waals surface area contributed by atoms with Crippen molar-refractivity contribution in [1.29, 1.82) is 0 Å². The van der Waals surface area contributed by atoms with Gasteiger partial charge in [-0.2, -0.15) is 0 Å². The van der Waals surface area contributed by atoms with Gasteiger partial charge in [0.05, 0.1) is 6.61 Å². The van der Waals surface area contributed by atoms with E-state index in [4.69, 9.17) is 5.11 Å². The lowest BCUT2D eigenvalue weighted by Crippen LogP contribution is -2.24. The van der Waals surface area contributed by atoms with Crippen LogP contribution in [0.25, 0.3) is 0 Å². The summed E-state index contributed by atoms with van der Waals surface area (Å²) in [6.07, 6.45) is 6.95.